The van der Waals surface area contributed by atoms with Gasteiger partial charge in [-0.05, 0) is 31.4 Å². The van der Waals surface area contributed by atoms with E-state index in [1.54, 1.807) is 0 Å². The number of hydrogen-bond acceptors (Lipinski definition) is 4. The lowest BCUT2D eigenvalue weighted by atomic mass is 9.78. The van der Waals surface area contributed by atoms with Gasteiger partial charge in [0.25, 0.3) is 0 Å². The maximum absolute atomic E-state index is 12.1. The molecule has 1 aliphatic carbocycles. The summed E-state index contributed by atoms with van der Waals surface area (Å²) in [5.74, 6) is -0.587. The Morgan fingerprint density at radius 1 is 1.33 bits per heavy atom. The molecule has 0 heterocycles. The maximum Gasteiger partial charge on any atom is 0.573 e. The Balaban J connectivity index is 2.10. The average Bonchev–Trinajstić information content (AvgIpc) is 2.32. The van der Waals surface area contributed by atoms with Crippen molar-refractivity contribution in [2.75, 3.05) is 6.54 Å². The summed E-state index contributed by atoms with van der Waals surface area (Å²) in [6.07, 6.45) is -2.50. The van der Waals surface area contributed by atoms with Crippen molar-refractivity contribution in [1.29, 1.82) is 0 Å². The number of ether oxygens (including phenoxy) is 1. The van der Waals surface area contributed by atoms with Gasteiger partial charge in [0.1, 0.15) is 5.75 Å². The number of benzene rings is 1. The summed E-state index contributed by atoms with van der Waals surface area (Å²) in [5.41, 5.74) is 5.34. The number of sulfonamides is 1. The van der Waals surface area contributed by atoms with Crippen LogP contribution in [0.1, 0.15) is 19.3 Å². The molecule has 0 spiro atoms. The van der Waals surface area contributed by atoms with Crippen molar-refractivity contribution in [2.45, 2.75) is 36.1 Å². The fourth-order valence-electron chi connectivity index (χ4n) is 1.97. The quantitative estimate of drug-likeness (QED) is 0.864. The number of nitrogens with two attached hydrogens (primary N) is 1. The van der Waals surface area contributed by atoms with Gasteiger partial charge in [-0.3, -0.25) is 0 Å². The minimum absolute atomic E-state index is 0.0552. The first-order valence-electron chi connectivity index (χ1n) is 6.24. The molecular formula is C12H15F3N2O3S. The molecule has 3 N–H and O–H groups in total. The van der Waals surface area contributed by atoms with E-state index in [0.29, 0.717) is 12.8 Å². The summed E-state index contributed by atoms with van der Waals surface area (Å²) in [7, 11) is -3.93. The summed E-state index contributed by atoms with van der Waals surface area (Å²) in [4.78, 5) is -0.299. The van der Waals surface area contributed by atoms with Gasteiger partial charge in [-0.15, -0.1) is 13.2 Å². The molecular weight excluding hydrogens is 309 g/mol. The zero-order chi connectivity index (χ0) is 15.7. The SMILES string of the molecule is NC1(CNS(=O)(=O)c2cccc(OC(F)(F)F)c2)CCC1. The van der Waals surface area contributed by atoms with Crippen LogP contribution in [-0.2, 0) is 10.0 Å². The summed E-state index contributed by atoms with van der Waals surface area (Å²) in [6.45, 7) is 0.0552. The Morgan fingerprint density at radius 3 is 2.52 bits per heavy atom. The molecule has 0 unspecified atom stereocenters. The lowest BCUT2D eigenvalue weighted by Crippen LogP contribution is -2.54. The summed E-state index contributed by atoms with van der Waals surface area (Å²) < 4.78 is 66.5. The van der Waals surface area contributed by atoms with Crippen molar-refractivity contribution in [3.63, 3.8) is 0 Å². The first-order valence-corrected chi connectivity index (χ1v) is 7.72. The Morgan fingerprint density at radius 2 is 2.00 bits per heavy atom. The minimum atomic E-state index is -4.87. The van der Waals surface area contributed by atoms with Gasteiger partial charge in [0.2, 0.25) is 10.0 Å². The van der Waals surface area contributed by atoms with E-state index in [1.807, 2.05) is 0 Å². The lowest BCUT2D eigenvalue weighted by molar-refractivity contribution is -0.274. The van der Waals surface area contributed by atoms with Gasteiger partial charge < -0.3 is 10.5 Å². The van der Waals surface area contributed by atoms with Gasteiger partial charge in [-0.2, -0.15) is 0 Å². The average molecular weight is 324 g/mol. The second-order valence-corrected chi connectivity index (χ2v) is 6.83. The molecule has 1 fully saturated rings. The molecule has 1 aliphatic rings. The zero-order valence-electron chi connectivity index (χ0n) is 11.0. The fraction of sp³-hybridized carbons (Fsp3) is 0.500. The van der Waals surface area contributed by atoms with Crippen LogP contribution < -0.4 is 15.2 Å². The number of nitrogens with one attached hydrogen (secondary N) is 1. The first-order chi connectivity index (χ1) is 9.60. The molecule has 0 aromatic heterocycles. The highest BCUT2D eigenvalue weighted by Gasteiger charge is 2.34. The molecule has 2 rings (SSSR count). The summed E-state index contributed by atoms with van der Waals surface area (Å²) in [5, 5.41) is 0. The van der Waals surface area contributed by atoms with E-state index < -0.39 is 27.7 Å². The molecule has 9 heteroatoms. The van der Waals surface area contributed by atoms with Crippen molar-refractivity contribution >= 4 is 10.0 Å². The van der Waals surface area contributed by atoms with Crippen LogP contribution in [-0.4, -0.2) is 26.9 Å². The topological polar surface area (TPSA) is 81.4 Å². The summed E-state index contributed by atoms with van der Waals surface area (Å²) >= 11 is 0. The van der Waals surface area contributed by atoms with Gasteiger partial charge in [0.15, 0.2) is 0 Å². The molecule has 1 saturated carbocycles. The Kier molecular flexibility index (Phi) is 4.18. The van der Waals surface area contributed by atoms with Gasteiger partial charge in [0.05, 0.1) is 4.90 Å². The maximum atomic E-state index is 12.1. The molecule has 1 aromatic rings. The smallest absolute Gasteiger partial charge is 0.406 e. The molecule has 0 bridgehead atoms. The Bertz CT molecular complexity index is 612. The number of alkyl halides is 3. The van der Waals surface area contributed by atoms with Crippen molar-refractivity contribution in [3.05, 3.63) is 24.3 Å². The molecule has 0 atom stereocenters. The second kappa shape index (κ2) is 5.47. The number of rotatable bonds is 5. The van der Waals surface area contributed by atoms with E-state index in [2.05, 4.69) is 9.46 Å². The first kappa shape index (κ1) is 16.1. The number of hydrogen-bond donors (Lipinski definition) is 2. The summed E-state index contributed by atoms with van der Waals surface area (Å²) in [6, 6.07) is 4.22. The predicted octanol–water partition coefficient (Wildman–Crippen LogP) is 1.74. The van der Waals surface area contributed by atoms with Gasteiger partial charge >= 0.3 is 6.36 Å². The molecule has 21 heavy (non-hydrogen) atoms. The van der Waals surface area contributed by atoms with E-state index >= 15 is 0 Å². The molecule has 5 nitrogen and oxygen atoms in total. The molecule has 118 valence electrons. The van der Waals surface area contributed by atoms with Gasteiger partial charge in [0, 0.05) is 18.2 Å². The zero-order valence-corrected chi connectivity index (χ0v) is 11.8. The van der Waals surface area contributed by atoms with Crippen molar-refractivity contribution in [3.8, 4) is 5.75 Å². The normalized spacial score (nSPS) is 18.1. The largest absolute Gasteiger partial charge is 0.573 e. The highest BCUT2D eigenvalue weighted by Crippen LogP contribution is 2.29. The van der Waals surface area contributed by atoms with Crippen LogP contribution in [0.15, 0.2) is 29.2 Å². The van der Waals surface area contributed by atoms with E-state index in [-0.39, 0.29) is 11.4 Å². The lowest BCUT2D eigenvalue weighted by Gasteiger charge is -2.38. The molecule has 0 aliphatic heterocycles. The van der Waals surface area contributed by atoms with Crippen molar-refractivity contribution in [1.82, 2.24) is 4.72 Å². The molecule has 0 radical (unpaired) electrons. The number of halogens is 3. The van der Waals surface area contributed by atoms with Crippen LogP contribution in [0.3, 0.4) is 0 Å². The second-order valence-electron chi connectivity index (χ2n) is 5.06. The third kappa shape index (κ3) is 4.32. The minimum Gasteiger partial charge on any atom is -0.406 e. The highest BCUT2D eigenvalue weighted by molar-refractivity contribution is 7.89. The van der Waals surface area contributed by atoms with Crippen molar-refractivity contribution < 1.29 is 26.3 Å². The van der Waals surface area contributed by atoms with Crippen LogP contribution in [0, 0.1) is 0 Å². The standard InChI is InChI=1S/C12H15F3N2O3S/c13-12(14,15)20-9-3-1-4-10(7-9)21(18,19)17-8-11(16)5-2-6-11/h1,3-4,7,17H,2,5-6,8,16H2. The molecule has 0 saturated heterocycles. The molecule has 1 aromatic carbocycles. The third-order valence-corrected chi connectivity index (χ3v) is 4.71. The Hall–Kier alpha value is -1.32. The van der Waals surface area contributed by atoms with E-state index in [1.165, 1.54) is 12.1 Å². The van der Waals surface area contributed by atoms with Crippen LogP contribution in [0.25, 0.3) is 0 Å². The van der Waals surface area contributed by atoms with Gasteiger partial charge in [-0.25, -0.2) is 13.1 Å². The third-order valence-electron chi connectivity index (χ3n) is 3.31. The fourth-order valence-corrected chi connectivity index (χ4v) is 3.14. The van der Waals surface area contributed by atoms with Crippen LogP contribution in [0.4, 0.5) is 13.2 Å². The van der Waals surface area contributed by atoms with Crippen LogP contribution in [0.2, 0.25) is 0 Å². The predicted molar refractivity (Wildman–Crippen MR) is 69.1 cm³/mol. The van der Waals surface area contributed by atoms with Crippen LogP contribution >= 0.6 is 0 Å². The monoisotopic (exact) mass is 324 g/mol. The Labute approximate surface area is 120 Å². The van der Waals surface area contributed by atoms with Crippen molar-refractivity contribution in [2.24, 2.45) is 5.73 Å². The molecule has 0 amide bonds. The van der Waals surface area contributed by atoms with E-state index in [4.69, 9.17) is 5.73 Å². The highest BCUT2D eigenvalue weighted by atomic mass is 32.2. The van der Waals surface area contributed by atoms with Gasteiger partial charge in [-0.1, -0.05) is 6.07 Å². The van der Waals surface area contributed by atoms with E-state index in [9.17, 15) is 21.6 Å². The van der Waals surface area contributed by atoms with E-state index in [0.717, 1.165) is 18.6 Å². The van der Waals surface area contributed by atoms with Crippen LogP contribution in [0.5, 0.6) is 5.75 Å².